The predicted molar refractivity (Wildman–Crippen MR) is 49.3 cm³/mol. The number of amides is 1. The van der Waals surface area contributed by atoms with Crippen molar-refractivity contribution < 1.29 is 4.79 Å². The Morgan fingerprint density at radius 1 is 1.57 bits per heavy atom. The van der Waals surface area contributed by atoms with Crippen molar-refractivity contribution in [3.8, 4) is 6.07 Å². The van der Waals surface area contributed by atoms with Crippen molar-refractivity contribution in [1.82, 2.24) is 9.97 Å². The van der Waals surface area contributed by atoms with Crippen LogP contribution in [-0.4, -0.2) is 15.9 Å². The average molecular weight is 186 g/mol. The highest BCUT2D eigenvalue weighted by molar-refractivity contribution is 5.98. The largest absolute Gasteiger partial charge is 0.366 e. The molecule has 5 nitrogen and oxygen atoms in total. The minimum absolute atomic E-state index is 0.212. The number of nitrogens with two attached hydrogens (primary N) is 1. The Bertz CT molecular complexity index is 549. The first-order chi connectivity index (χ1) is 6.72. The Hall–Kier alpha value is -2.35. The maximum Gasteiger partial charge on any atom is 0.250 e. The molecule has 0 unspecified atom stereocenters. The number of carbonyl (C=O) groups is 1. The number of aromatic nitrogens is 2. The molecule has 0 saturated carbocycles. The standard InChI is InChI=1S/C9H6N4O/c10-3-5-1-7-8(13-4-12-7)2-6(5)9(11)14/h1-2,4H,(H2,11,14)(H,12,13). The number of hydrogen-bond acceptors (Lipinski definition) is 3. The van der Waals surface area contributed by atoms with Gasteiger partial charge in [0, 0.05) is 0 Å². The van der Waals surface area contributed by atoms with Crippen molar-refractivity contribution in [3.05, 3.63) is 29.6 Å². The van der Waals surface area contributed by atoms with E-state index in [1.807, 2.05) is 6.07 Å². The van der Waals surface area contributed by atoms with Gasteiger partial charge in [0.05, 0.1) is 28.5 Å². The van der Waals surface area contributed by atoms with Crippen LogP contribution in [0.4, 0.5) is 0 Å². The number of nitrogens with one attached hydrogen (secondary N) is 1. The third-order valence-electron chi connectivity index (χ3n) is 1.95. The van der Waals surface area contributed by atoms with Gasteiger partial charge in [0.15, 0.2) is 0 Å². The fraction of sp³-hybridized carbons (Fsp3) is 0. The number of nitriles is 1. The lowest BCUT2D eigenvalue weighted by Crippen LogP contribution is -2.12. The molecule has 14 heavy (non-hydrogen) atoms. The van der Waals surface area contributed by atoms with E-state index in [0.717, 1.165) is 0 Å². The fourth-order valence-electron chi connectivity index (χ4n) is 1.28. The molecule has 1 amide bonds. The van der Waals surface area contributed by atoms with Gasteiger partial charge in [-0.25, -0.2) is 4.98 Å². The minimum atomic E-state index is -0.613. The van der Waals surface area contributed by atoms with Gasteiger partial charge in [-0.15, -0.1) is 0 Å². The van der Waals surface area contributed by atoms with Gasteiger partial charge in [0.25, 0.3) is 0 Å². The van der Waals surface area contributed by atoms with Gasteiger partial charge in [-0.2, -0.15) is 5.26 Å². The second-order valence-corrected chi connectivity index (χ2v) is 2.79. The van der Waals surface area contributed by atoms with Gasteiger partial charge in [0.2, 0.25) is 5.91 Å². The Morgan fingerprint density at radius 2 is 2.36 bits per heavy atom. The molecule has 0 bridgehead atoms. The van der Waals surface area contributed by atoms with E-state index >= 15 is 0 Å². The molecular weight excluding hydrogens is 180 g/mol. The number of rotatable bonds is 1. The number of benzene rings is 1. The van der Waals surface area contributed by atoms with Crippen LogP contribution in [0, 0.1) is 11.3 Å². The highest BCUT2D eigenvalue weighted by Crippen LogP contribution is 2.16. The van der Waals surface area contributed by atoms with Crippen LogP contribution in [0.15, 0.2) is 18.5 Å². The zero-order valence-electron chi connectivity index (χ0n) is 7.11. The van der Waals surface area contributed by atoms with E-state index in [2.05, 4.69) is 9.97 Å². The minimum Gasteiger partial charge on any atom is -0.366 e. The highest BCUT2D eigenvalue weighted by atomic mass is 16.1. The molecule has 0 aliphatic rings. The van der Waals surface area contributed by atoms with Crippen LogP contribution in [-0.2, 0) is 0 Å². The second-order valence-electron chi connectivity index (χ2n) is 2.79. The van der Waals surface area contributed by atoms with Crippen molar-refractivity contribution in [1.29, 1.82) is 5.26 Å². The molecular formula is C9H6N4O. The van der Waals surface area contributed by atoms with E-state index in [9.17, 15) is 4.79 Å². The summed E-state index contributed by atoms with van der Waals surface area (Å²) >= 11 is 0. The SMILES string of the molecule is N#Cc1cc2nc[nH]c2cc1C(N)=O. The molecule has 0 fully saturated rings. The van der Waals surface area contributed by atoms with Crippen LogP contribution < -0.4 is 5.73 Å². The fourth-order valence-corrected chi connectivity index (χ4v) is 1.28. The van der Waals surface area contributed by atoms with Crippen molar-refractivity contribution >= 4 is 16.9 Å². The second kappa shape index (κ2) is 2.85. The highest BCUT2D eigenvalue weighted by Gasteiger charge is 2.10. The molecule has 2 rings (SSSR count). The lowest BCUT2D eigenvalue weighted by molar-refractivity contribution is 0.1000. The summed E-state index contributed by atoms with van der Waals surface area (Å²) < 4.78 is 0. The zero-order valence-corrected chi connectivity index (χ0v) is 7.11. The lowest BCUT2D eigenvalue weighted by Gasteiger charge is -1.98. The van der Waals surface area contributed by atoms with Crippen LogP contribution in [0.5, 0.6) is 0 Å². The summed E-state index contributed by atoms with van der Waals surface area (Å²) in [6.45, 7) is 0. The van der Waals surface area contributed by atoms with Gasteiger partial charge in [-0.3, -0.25) is 4.79 Å². The van der Waals surface area contributed by atoms with Gasteiger partial charge in [0.1, 0.15) is 6.07 Å². The molecule has 2 aromatic rings. The van der Waals surface area contributed by atoms with E-state index in [-0.39, 0.29) is 11.1 Å². The first-order valence-corrected chi connectivity index (χ1v) is 3.89. The average Bonchev–Trinajstić information content (AvgIpc) is 2.62. The molecule has 0 atom stereocenters. The molecule has 5 heteroatoms. The Morgan fingerprint density at radius 3 is 3.00 bits per heavy atom. The van der Waals surface area contributed by atoms with Crippen LogP contribution in [0.1, 0.15) is 15.9 Å². The summed E-state index contributed by atoms with van der Waals surface area (Å²) in [5.74, 6) is -0.613. The summed E-state index contributed by atoms with van der Waals surface area (Å²) in [4.78, 5) is 17.8. The molecule has 0 spiro atoms. The Balaban J connectivity index is 2.81. The van der Waals surface area contributed by atoms with Crippen LogP contribution in [0.25, 0.3) is 11.0 Å². The van der Waals surface area contributed by atoms with Gasteiger partial charge < -0.3 is 10.7 Å². The van der Waals surface area contributed by atoms with E-state index in [1.54, 1.807) is 0 Å². The number of imidazole rings is 1. The number of carbonyl (C=O) groups excluding carboxylic acids is 1. The van der Waals surface area contributed by atoms with E-state index in [4.69, 9.17) is 11.0 Å². The molecule has 68 valence electrons. The molecule has 1 heterocycles. The summed E-state index contributed by atoms with van der Waals surface area (Å²) in [6.07, 6.45) is 1.50. The number of hydrogen-bond donors (Lipinski definition) is 2. The molecule has 1 aromatic carbocycles. The topological polar surface area (TPSA) is 95.6 Å². The maximum atomic E-state index is 11.0. The van der Waals surface area contributed by atoms with E-state index in [1.165, 1.54) is 18.5 Å². The normalized spacial score (nSPS) is 9.93. The summed E-state index contributed by atoms with van der Waals surface area (Å²) in [5, 5.41) is 8.77. The summed E-state index contributed by atoms with van der Waals surface area (Å²) in [7, 11) is 0. The van der Waals surface area contributed by atoms with Gasteiger partial charge in [-0.1, -0.05) is 0 Å². The third kappa shape index (κ3) is 1.10. The quantitative estimate of drug-likeness (QED) is 0.680. The molecule has 0 aliphatic heterocycles. The lowest BCUT2D eigenvalue weighted by atomic mass is 10.1. The molecule has 0 saturated heterocycles. The molecule has 0 aliphatic carbocycles. The van der Waals surface area contributed by atoms with Gasteiger partial charge in [-0.05, 0) is 12.1 Å². The van der Waals surface area contributed by atoms with E-state index < -0.39 is 5.91 Å². The van der Waals surface area contributed by atoms with Crippen molar-refractivity contribution in [2.75, 3.05) is 0 Å². The number of nitrogens with zero attached hydrogens (tertiary/aromatic N) is 2. The summed E-state index contributed by atoms with van der Waals surface area (Å²) in [5.41, 5.74) is 6.92. The smallest absolute Gasteiger partial charge is 0.250 e. The van der Waals surface area contributed by atoms with Crippen LogP contribution in [0.2, 0.25) is 0 Å². The van der Waals surface area contributed by atoms with Gasteiger partial charge >= 0.3 is 0 Å². The number of H-pyrrole nitrogens is 1. The molecule has 3 N–H and O–H groups in total. The van der Waals surface area contributed by atoms with Crippen molar-refractivity contribution in [2.45, 2.75) is 0 Å². The Labute approximate surface area is 79.2 Å². The zero-order chi connectivity index (χ0) is 10.1. The van der Waals surface area contributed by atoms with Crippen LogP contribution >= 0.6 is 0 Å². The summed E-state index contributed by atoms with van der Waals surface area (Å²) in [6, 6.07) is 4.97. The predicted octanol–water partition coefficient (Wildman–Crippen LogP) is 0.533. The maximum absolute atomic E-state index is 11.0. The number of aromatic amines is 1. The first kappa shape index (κ1) is 8.26. The molecule has 0 radical (unpaired) electrons. The molecule has 1 aromatic heterocycles. The van der Waals surface area contributed by atoms with Crippen LogP contribution in [0.3, 0.4) is 0 Å². The van der Waals surface area contributed by atoms with Crippen molar-refractivity contribution in [2.24, 2.45) is 5.73 Å². The monoisotopic (exact) mass is 186 g/mol. The first-order valence-electron chi connectivity index (χ1n) is 3.89. The number of fused-ring (bicyclic) bond motifs is 1. The Kier molecular flexibility index (Phi) is 1.68. The van der Waals surface area contributed by atoms with E-state index in [0.29, 0.717) is 11.0 Å². The van der Waals surface area contributed by atoms with Crippen molar-refractivity contribution in [3.63, 3.8) is 0 Å². The third-order valence-corrected chi connectivity index (χ3v) is 1.95. The number of primary amides is 1.